The minimum absolute atomic E-state index is 0.754. The molecule has 0 spiro atoms. The molecule has 2 heterocycles. The highest BCUT2D eigenvalue weighted by Gasteiger charge is 2.02. The second-order valence-corrected chi connectivity index (χ2v) is 3.34. The average Bonchev–Trinajstić information content (AvgIpc) is 2.31. The van der Waals surface area contributed by atoms with Crippen LogP contribution in [-0.2, 0) is 0 Å². The molecule has 5 heteroatoms. The van der Waals surface area contributed by atoms with E-state index in [1.807, 2.05) is 19.9 Å². The van der Waals surface area contributed by atoms with E-state index in [4.69, 9.17) is 0 Å². The van der Waals surface area contributed by atoms with Gasteiger partial charge in [-0.05, 0) is 13.8 Å². The van der Waals surface area contributed by atoms with Crippen LogP contribution >= 0.6 is 0 Å². The molecular weight excluding hydrogens is 202 g/mol. The highest BCUT2D eigenvalue weighted by atomic mass is 15.0. The Kier molecular flexibility index (Phi) is 3.05. The number of rotatable bonds is 3. The van der Waals surface area contributed by atoms with Gasteiger partial charge in [0.25, 0.3) is 0 Å². The predicted octanol–water partition coefficient (Wildman–Crippen LogP) is 1.67. The summed E-state index contributed by atoms with van der Waals surface area (Å²) in [5, 5.41) is 3.14. The summed E-state index contributed by atoms with van der Waals surface area (Å²) in [7, 11) is 0. The largest absolute Gasteiger partial charge is 0.370 e. The maximum Gasteiger partial charge on any atom is 0.129 e. The van der Waals surface area contributed by atoms with Crippen LogP contribution in [0.3, 0.4) is 0 Å². The van der Waals surface area contributed by atoms with Gasteiger partial charge in [-0.3, -0.25) is 0 Å². The van der Waals surface area contributed by atoms with Gasteiger partial charge < -0.3 is 5.32 Å². The minimum atomic E-state index is 0.754. The minimum Gasteiger partial charge on any atom is -0.370 e. The van der Waals surface area contributed by atoms with E-state index >= 15 is 0 Å². The zero-order valence-electron chi connectivity index (χ0n) is 9.31. The average molecular weight is 215 g/mol. The Morgan fingerprint density at radius 1 is 1.12 bits per heavy atom. The molecule has 5 nitrogen and oxygen atoms in total. The molecule has 0 saturated heterocycles. The fourth-order valence-electron chi connectivity index (χ4n) is 1.32. The highest BCUT2D eigenvalue weighted by molar-refractivity contribution is 5.60. The number of aromatic nitrogens is 4. The monoisotopic (exact) mass is 215 g/mol. The van der Waals surface area contributed by atoms with Crippen LogP contribution in [0.5, 0.6) is 0 Å². The van der Waals surface area contributed by atoms with Gasteiger partial charge in [-0.25, -0.2) is 19.9 Å². The van der Waals surface area contributed by atoms with Gasteiger partial charge >= 0.3 is 0 Å². The Balaban J connectivity index is 2.32. The van der Waals surface area contributed by atoms with E-state index in [1.54, 1.807) is 12.4 Å². The first kappa shape index (κ1) is 10.5. The maximum absolute atomic E-state index is 4.19. The van der Waals surface area contributed by atoms with Crippen LogP contribution in [0.25, 0.3) is 11.3 Å². The first-order valence-corrected chi connectivity index (χ1v) is 5.14. The number of hydrogen-bond acceptors (Lipinski definition) is 5. The molecule has 0 aliphatic carbocycles. The van der Waals surface area contributed by atoms with Crippen LogP contribution in [0.1, 0.15) is 12.7 Å². The molecular formula is C11H13N5. The van der Waals surface area contributed by atoms with Crippen LogP contribution in [-0.4, -0.2) is 26.5 Å². The molecule has 2 aromatic rings. The molecule has 2 rings (SSSR count). The summed E-state index contributed by atoms with van der Waals surface area (Å²) >= 11 is 0. The van der Waals surface area contributed by atoms with Crippen molar-refractivity contribution in [2.45, 2.75) is 13.8 Å². The van der Waals surface area contributed by atoms with Gasteiger partial charge in [-0.1, -0.05) is 0 Å². The van der Waals surface area contributed by atoms with E-state index in [-0.39, 0.29) is 0 Å². The van der Waals surface area contributed by atoms with Crippen LogP contribution in [0.2, 0.25) is 0 Å². The predicted molar refractivity (Wildman–Crippen MR) is 62.0 cm³/mol. The summed E-state index contributed by atoms with van der Waals surface area (Å²) in [5.74, 6) is 1.57. The Bertz CT molecular complexity index is 466. The van der Waals surface area contributed by atoms with Crippen molar-refractivity contribution in [2.75, 3.05) is 11.9 Å². The van der Waals surface area contributed by atoms with E-state index in [0.29, 0.717) is 0 Å². The van der Waals surface area contributed by atoms with E-state index in [2.05, 4.69) is 25.3 Å². The summed E-state index contributed by atoms with van der Waals surface area (Å²) in [6.45, 7) is 4.71. The summed E-state index contributed by atoms with van der Waals surface area (Å²) in [5.41, 5.74) is 1.72. The van der Waals surface area contributed by atoms with Crippen LogP contribution < -0.4 is 5.32 Å². The smallest absolute Gasteiger partial charge is 0.129 e. The van der Waals surface area contributed by atoms with Crippen LogP contribution in [0.4, 0.5) is 5.82 Å². The fraction of sp³-hybridized carbons (Fsp3) is 0.273. The summed E-state index contributed by atoms with van der Waals surface area (Å²) in [4.78, 5) is 16.6. The van der Waals surface area contributed by atoms with Crippen LogP contribution in [0.15, 0.2) is 24.8 Å². The molecule has 0 aliphatic rings. The topological polar surface area (TPSA) is 63.6 Å². The molecule has 0 unspecified atom stereocenters. The van der Waals surface area contributed by atoms with Gasteiger partial charge in [-0.15, -0.1) is 0 Å². The van der Waals surface area contributed by atoms with E-state index < -0.39 is 0 Å². The third kappa shape index (κ3) is 2.31. The van der Waals surface area contributed by atoms with Crippen molar-refractivity contribution < 1.29 is 0 Å². The second-order valence-electron chi connectivity index (χ2n) is 3.34. The molecule has 0 aliphatic heterocycles. The molecule has 0 amide bonds. The quantitative estimate of drug-likeness (QED) is 0.843. The molecule has 0 saturated carbocycles. The van der Waals surface area contributed by atoms with Crippen molar-refractivity contribution in [2.24, 2.45) is 0 Å². The number of aryl methyl sites for hydroxylation is 1. The van der Waals surface area contributed by atoms with Crippen molar-refractivity contribution >= 4 is 5.82 Å². The lowest BCUT2D eigenvalue weighted by molar-refractivity contribution is 1.05. The molecule has 2 aromatic heterocycles. The second kappa shape index (κ2) is 4.65. The molecule has 0 radical (unpaired) electrons. The highest BCUT2D eigenvalue weighted by Crippen LogP contribution is 2.16. The lowest BCUT2D eigenvalue weighted by atomic mass is 10.2. The van der Waals surface area contributed by atoms with Gasteiger partial charge in [0.2, 0.25) is 0 Å². The number of nitrogens with zero attached hydrogens (tertiary/aromatic N) is 4. The van der Waals surface area contributed by atoms with Gasteiger partial charge in [0, 0.05) is 30.6 Å². The first-order chi connectivity index (χ1) is 7.79. The van der Waals surface area contributed by atoms with E-state index in [1.165, 1.54) is 6.33 Å². The Hall–Kier alpha value is -2.04. The van der Waals surface area contributed by atoms with Crippen molar-refractivity contribution in [3.8, 4) is 11.3 Å². The normalized spacial score (nSPS) is 10.1. The zero-order chi connectivity index (χ0) is 11.4. The zero-order valence-corrected chi connectivity index (χ0v) is 9.31. The standard InChI is InChI=1S/C11H13N5/c1-3-12-11-4-10(15-7-16-11)9-5-13-8(2)14-6-9/h4-7H,3H2,1-2H3,(H,12,15,16). The van der Waals surface area contributed by atoms with Gasteiger partial charge in [0.05, 0.1) is 5.69 Å². The van der Waals surface area contributed by atoms with Gasteiger partial charge in [0.1, 0.15) is 18.0 Å². The Morgan fingerprint density at radius 3 is 2.56 bits per heavy atom. The summed E-state index contributed by atoms with van der Waals surface area (Å²) < 4.78 is 0. The fourth-order valence-corrected chi connectivity index (χ4v) is 1.32. The molecule has 1 N–H and O–H groups in total. The molecule has 0 aromatic carbocycles. The van der Waals surface area contributed by atoms with Gasteiger partial charge in [0.15, 0.2) is 0 Å². The number of anilines is 1. The lowest BCUT2D eigenvalue weighted by Gasteiger charge is -2.04. The van der Waals surface area contributed by atoms with Crippen molar-refractivity contribution in [3.05, 3.63) is 30.6 Å². The summed E-state index contributed by atoms with van der Waals surface area (Å²) in [6.07, 6.45) is 5.06. The van der Waals surface area contributed by atoms with E-state index in [9.17, 15) is 0 Å². The molecule has 0 bridgehead atoms. The van der Waals surface area contributed by atoms with Crippen LogP contribution in [0, 0.1) is 6.92 Å². The third-order valence-corrected chi connectivity index (χ3v) is 2.10. The number of nitrogens with one attached hydrogen (secondary N) is 1. The molecule has 16 heavy (non-hydrogen) atoms. The maximum atomic E-state index is 4.19. The Labute approximate surface area is 94.0 Å². The first-order valence-electron chi connectivity index (χ1n) is 5.14. The lowest BCUT2D eigenvalue weighted by Crippen LogP contribution is -2.00. The molecule has 0 fully saturated rings. The van der Waals surface area contributed by atoms with Crippen molar-refractivity contribution in [1.29, 1.82) is 0 Å². The summed E-state index contributed by atoms with van der Waals surface area (Å²) in [6, 6.07) is 1.89. The molecule has 0 atom stereocenters. The SMILES string of the molecule is CCNc1cc(-c2cnc(C)nc2)ncn1. The van der Waals surface area contributed by atoms with Gasteiger partial charge in [-0.2, -0.15) is 0 Å². The third-order valence-electron chi connectivity index (χ3n) is 2.10. The Morgan fingerprint density at radius 2 is 1.88 bits per heavy atom. The molecule has 82 valence electrons. The van der Waals surface area contributed by atoms with Crippen molar-refractivity contribution in [1.82, 2.24) is 19.9 Å². The number of hydrogen-bond donors (Lipinski definition) is 1. The van der Waals surface area contributed by atoms with E-state index in [0.717, 1.165) is 29.4 Å². The van der Waals surface area contributed by atoms with Crippen molar-refractivity contribution in [3.63, 3.8) is 0 Å².